The van der Waals surface area contributed by atoms with E-state index in [1.165, 1.54) is 16.3 Å². The van der Waals surface area contributed by atoms with E-state index < -0.39 is 5.91 Å². The summed E-state index contributed by atoms with van der Waals surface area (Å²) in [5.74, 6) is -0.605. The minimum atomic E-state index is -0.605. The van der Waals surface area contributed by atoms with Crippen LogP contribution in [0.5, 0.6) is 0 Å². The zero-order valence-electron chi connectivity index (χ0n) is 11.0. The predicted molar refractivity (Wildman–Crippen MR) is 82.0 cm³/mol. The van der Waals surface area contributed by atoms with E-state index in [1.807, 2.05) is 54.7 Å². The maximum absolute atomic E-state index is 11.8. The molecule has 1 amide bonds. The molecule has 0 unspecified atom stereocenters. The van der Waals surface area contributed by atoms with Crippen molar-refractivity contribution < 1.29 is 4.79 Å². The number of nitrogens with zero attached hydrogens (tertiary/aromatic N) is 2. The lowest BCUT2D eigenvalue weighted by Gasteiger charge is -2.02. The maximum Gasteiger partial charge on any atom is 0.267 e. The summed E-state index contributed by atoms with van der Waals surface area (Å²) in [5, 5.41) is 10.2. The molecule has 2 aromatic carbocycles. The Morgan fingerprint density at radius 2 is 1.76 bits per heavy atom. The molecule has 5 heteroatoms. The van der Waals surface area contributed by atoms with Crippen LogP contribution in [0.1, 0.15) is 10.5 Å². The van der Waals surface area contributed by atoms with Gasteiger partial charge in [0.05, 0.1) is 10.4 Å². The van der Waals surface area contributed by atoms with Crippen molar-refractivity contribution in [3.63, 3.8) is 0 Å². The van der Waals surface area contributed by atoms with Crippen molar-refractivity contribution in [3.8, 4) is 6.19 Å². The minimum Gasteiger partial charge on any atom is -0.364 e. The average molecular weight is 293 g/mol. The number of rotatable bonds is 3. The molecule has 0 aliphatic heterocycles. The van der Waals surface area contributed by atoms with Crippen LogP contribution in [-0.4, -0.2) is 10.5 Å². The highest BCUT2D eigenvalue weighted by Crippen LogP contribution is 2.37. The van der Waals surface area contributed by atoms with E-state index >= 15 is 0 Å². The zero-order valence-corrected chi connectivity index (χ0v) is 11.8. The van der Waals surface area contributed by atoms with Crippen LogP contribution < -0.4 is 5.73 Å². The molecular weight excluding hydrogens is 282 g/mol. The Balaban J connectivity index is 2.28. The van der Waals surface area contributed by atoms with Crippen LogP contribution in [0, 0.1) is 11.5 Å². The van der Waals surface area contributed by atoms with E-state index in [-0.39, 0.29) is 5.69 Å². The summed E-state index contributed by atoms with van der Waals surface area (Å²) in [7, 11) is 0. The molecule has 0 aliphatic carbocycles. The number of para-hydroxylation sites is 1. The molecule has 0 saturated carbocycles. The van der Waals surface area contributed by atoms with E-state index in [1.54, 1.807) is 6.07 Å². The van der Waals surface area contributed by atoms with Crippen molar-refractivity contribution in [2.24, 2.45) is 5.73 Å². The van der Waals surface area contributed by atoms with Crippen molar-refractivity contribution >= 4 is 28.6 Å². The molecule has 0 radical (unpaired) electrons. The van der Waals surface area contributed by atoms with Crippen molar-refractivity contribution in [2.75, 3.05) is 0 Å². The summed E-state index contributed by atoms with van der Waals surface area (Å²) >= 11 is 1.44. The standard InChI is InChI=1S/C16H11N3OS/c17-10-19-13-9-5-4-8-12(13)15(14(19)16(18)20)21-11-6-2-1-3-7-11/h1-9H,(H2,18,20). The van der Waals surface area contributed by atoms with E-state index in [2.05, 4.69) is 0 Å². The average Bonchev–Trinajstić information content (AvgIpc) is 2.82. The number of nitriles is 1. The Morgan fingerprint density at radius 3 is 2.43 bits per heavy atom. The Kier molecular flexibility index (Phi) is 3.38. The zero-order chi connectivity index (χ0) is 14.8. The second-order valence-corrected chi connectivity index (χ2v) is 5.49. The molecule has 4 nitrogen and oxygen atoms in total. The van der Waals surface area contributed by atoms with E-state index in [4.69, 9.17) is 5.73 Å². The van der Waals surface area contributed by atoms with Crippen molar-refractivity contribution in [2.45, 2.75) is 9.79 Å². The fourth-order valence-corrected chi connectivity index (χ4v) is 3.35. The van der Waals surface area contributed by atoms with E-state index in [0.29, 0.717) is 10.4 Å². The molecule has 3 aromatic rings. The fourth-order valence-electron chi connectivity index (χ4n) is 2.25. The Morgan fingerprint density at radius 1 is 1.10 bits per heavy atom. The molecule has 21 heavy (non-hydrogen) atoms. The third kappa shape index (κ3) is 2.26. The molecule has 0 fully saturated rings. The van der Waals surface area contributed by atoms with Crippen molar-refractivity contribution in [1.82, 2.24) is 4.57 Å². The van der Waals surface area contributed by atoms with Gasteiger partial charge in [-0.1, -0.05) is 48.2 Å². The van der Waals surface area contributed by atoms with Gasteiger partial charge in [0.1, 0.15) is 5.69 Å². The van der Waals surface area contributed by atoms with Gasteiger partial charge in [0.25, 0.3) is 5.91 Å². The topological polar surface area (TPSA) is 71.8 Å². The molecule has 0 bridgehead atoms. The van der Waals surface area contributed by atoms with Gasteiger partial charge in [-0.2, -0.15) is 5.26 Å². The molecule has 2 N–H and O–H groups in total. The van der Waals surface area contributed by atoms with Crippen LogP contribution in [-0.2, 0) is 0 Å². The van der Waals surface area contributed by atoms with Gasteiger partial charge in [0.2, 0.25) is 0 Å². The van der Waals surface area contributed by atoms with Crippen molar-refractivity contribution in [1.29, 1.82) is 5.26 Å². The summed E-state index contributed by atoms with van der Waals surface area (Å²) in [6.45, 7) is 0. The monoisotopic (exact) mass is 293 g/mol. The third-order valence-corrected chi connectivity index (χ3v) is 4.25. The van der Waals surface area contributed by atoms with Gasteiger partial charge in [-0.3, -0.25) is 4.79 Å². The summed E-state index contributed by atoms with van der Waals surface area (Å²) in [4.78, 5) is 13.5. The molecule has 1 heterocycles. The van der Waals surface area contributed by atoms with Crippen molar-refractivity contribution in [3.05, 3.63) is 60.3 Å². The lowest BCUT2D eigenvalue weighted by molar-refractivity contribution is 0.0991. The normalized spacial score (nSPS) is 10.4. The second-order valence-electron chi connectivity index (χ2n) is 4.41. The number of amides is 1. The van der Waals surface area contributed by atoms with E-state index in [9.17, 15) is 10.1 Å². The molecule has 0 aliphatic rings. The summed E-state index contributed by atoms with van der Waals surface area (Å²) < 4.78 is 1.29. The van der Waals surface area contributed by atoms with Crippen LogP contribution >= 0.6 is 11.8 Å². The summed E-state index contributed by atoms with van der Waals surface area (Å²) in [6, 6.07) is 17.1. The Hall–Kier alpha value is -2.71. The van der Waals surface area contributed by atoms with Crippen LogP contribution in [0.3, 0.4) is 0 Å². The number of hydrogen-bond donors (Lipinski definition) is 1. The first-order chi connectivity index (χ1) is 10.2. The van der Waals surface area contributed by atoms with Gasteiger partial charge < -0.3 is 5.73 Å². The number of carbonyl (C=O) groups excluding carboxylic acids is 1. The Bertz CT molecular complexity index is 862. The number of hydrogen-bond acceptors (Lipinski definition) is 3. The molecule has 0 atom stereocenters. The number of benzene rings is 2. The fraction of sp³-hybridized carbons (Fsp3) is 0. The van der Waals surface area contributed by atoms with Gasteiger partial charge in [0.15, 0.2) is 6.19 Å². The maximum atomic E-state index is 11.8. The van der Waals surface area contributed by atoms with Crippen LogP contribution in [0.25, 0.3) is 10.9 Å². The van der Waals surface area contributed by atoms with Gasteiger partial charge in [0, 0.05) is 10.3 Å². The largest absolute Gasteiger partial charge is 0.364 e. The van der Waals surface area contributed by atoms with Crippen LogP contribution in [0.15, 0.2) is 64.4 Å². The number of aromatic nitrogens is 1. The highest BCUT2D eigenvalue weighted by Gasteiger charge is 2.21. The number of fused-ring (bicyclic) bond motifs is 1. The molecule has 0 saturated heterocycles. The lowest BCUT2D eigenvalue weighted by Crippen LogP contribution is -2.16. The highest BCUT2D eigenvalue weighted by atomic mass is 32.2. The first-order valence-electron chi connectivity index (χ1n) is 6.28. The van der Waals surface area contributed by atoms with E-state index in [0.717, 1.165) is 10.3 Å². The first-order valence-corrected chi connectivity index (χ1v) is 7.10. The summed E-state index contributed by atoms with van der Waals surface area (Å²) in [5.41, 5.74) is 6.40. The SMILES string of the molecule is N#Cn1c(C(N)=O)c(Sc2ccccc2)c2ccccc21. The van der Waals surface area contributed by atoms with Gasteiger partial charge in [-0.15, -0.1) is 0 Å². The molecule has 102 valence electrons. The lowest BCUT2D eigenvalue weighted by atomic mass is 10.2. The van der Waals surface area contributed by atoms with Crippen LogP contribution in [0.2, 0.25) is 0 Å². The highest BCUT2D eigenvalue weighted by molar-refractivity contribution is 7.99. The Labute approximate surface area is 125 Å². The first kappa shape index (κ1) is 13.3. The number of carbonyl (C=O) groups is 1. The molecule has 0 spiro atoms. The third-order valence-electron chi connectivity index (χ3n) is 3.12. The quantitative estimate of drug-likeness (QED) is 0.806. The van der Waals surface area contributed by atoms with Gasteiger partial charge in [-0.05, 0) is 18.2 Å². The molecule has 3 rings (SSSR count). The number of primary amides is 1. The summed E-state index contributed by atoms with van der Waals surface area (Å²) in [6.07, 6.45) is 2.03. The van der Waals surface area contributed by atoms with Crippen LogP contribution in [0.4, 0.5) is 0 Å². The predicted octanol–water partition coefficient (Wildman–Crippen LogP) is 3.22. The molecule has 1 aromatic heterocycles. The van der Waals surface area contributed by atoms with Gasteiger partial charge in [-0.25, -0.2) is 4.57 Å². The van der Waals surface area contributed by atoms with Gasteiger partial charge >= 0.3 is 0 Å². The minimum absolute atomic E-state index is 0.229. The second kappa shape index (κ2) is 5.35. The smallest absolute Gasteiger partial charge is 0.267 e. The molecular formula is C16H11N3OS. The number of nitrogens with two attached hydrogens (primary N) is 1.